The molecule has 0 saturated carbocycles. The maximum absolute atomic E-state index is 13.6. The van der Waals surface area contributed by atoms with Gasteiger partial charge in [0.2, 0.25) is 0 Å². The predicted molar refractivity (Wildman–Crippen MR) is 149 cm³/mol. The fraction of sp³-hybridized carbons (Fsp3) is 0.548. The molecular weight excluding hydrogens is 497 g/mol. The first-order valence-electron chi connectivity index (χ1n) is 14.2. The van der Waals surface area contributed by atoms with Crippen LogP contribution in [0.5, 0.6) is 5.75 Å². The number of likely N-dealkylation sites (tertiary alicyclic amines) is 2. The molecule has 3 heterocycles. The summed E-state index contributed by atoms with van der Waals surface area (Å²) < 4.78 is 24.9. The molecule has 8 heteroatoms. The minimum absolute atomic E-state index is 0.0928. The molecule has 2 saturated heterocycles. The summed E-state index contributed by atoms with van der Waals surface area (Å²) in [7, 11) is 0. The maximum Gasteiger partial charge on any atom is 0.311 e. The molecule has 7 nitrogen and oxygen atoms in total. The van der Waals surface area contributed by atoms with Gasteiger partial charge in [-0.25, -0.2) is 4.39 Å². The highest BCUT2D eigenvalue weighted by Gasteiger charge is 2.51. The summed E-state index contributed by atoms with van der Waals surface area (Å²) in [6, 6.07) is 11.0. The average molecular weight is 538 g/mol. The number of piperidine rings is 1. The molecule has 0 radical (unpaired) electrons. The molecule has 3 aliphatic heterocycles. The Morgan fingerprint density at radius 1 is 1.08 bits per heavy atom. The number of hydrogen-bond acceptors (Lipinski definition) is 7. The van der Waals surface area contributed by atoms with Crippen LogP contribution in [0.2, 0.25) is 0 Å². The molecule has 0 unspecified atom stereocenters. The standard InChI is InChI=1S/C31H40FN3O4/c1-5-23-16-22(17-26(37-6-2)28(23)24-8-10-25(32)11-9-24)19-34-20-31(21-34)18-27(33-39-31)35-14-12-30(4,13-15-35)29(36)38-7-3/h8-11,16-17H,5-7,12-15,18-21H2,1-4H3. The van der Waals surface area contributed by atoms with Crippen LogP contribution in [0.3, 0.4) is 0 Å². The van der Waals surface area contributed by atoms with Crippen LogP contribution in [0.25, 0.3) is 11.1 Å². The number of carbonyl (C=O) groups excluding carboxylic acids is 1. The summed E-state index contributed by atoms with van der Waals surface area (Å²) >= 11 is 0. The Labute approximate surface area is 230 Å². The van der Waals surface area contributed by atoms with E-state index in [1.54, 1.807) is 0 Å². The van der Waals surface area contributed by atoms with Crippen molar-refractivity contribution in [2.45, 2.75) is 65.5 Å². The molecule has 1 spiro atoms. The van der Waals surface area contributed by atoms with E-state index in [-0.39, 0.29) is 17.4 Å². The van der Waals surface area contributed by atoms with Gasteiger partial charge in [-0.1, -0.05) is 30.3 Å². The summed E-state index contributed by atoms with van der Waals surface area (Å²) in [4.78, 5) is 23.0. The highest BCUT2D eigenvalue weighted by molar-refractivity contribution is 5.85. The molecule has 0 aromatic heterocycles. The largest absolute Gasteiger partial charge is 0.493 e. The fourth-order valence-corrected chi connectivity index (χ4v) is 6.07. The Bertz CT molecular complexity index is 1220. The van der Waals surface area contributed by atoms with Crippen LogP contribution in [0.15, 0.2) is 41.6 Å². The fourth-order valence-electron chi connectivity index (χ4n) is 6.07. The van der Waals surface area contributed by atoms with Crippen LogP contribution in [0.1, 0.15) is 58.1 Å². The van der Waals surface area contributed by atoms with Gasteiger partial charge in [0.1, 0.15) is 17.4 Å². The van der Waals surface area contributed by atoms with Crippen molar-refractivity contribution in [1.82, 2.24) is 9.80 Å². The molecule has 0 aliphatic carbocycles. The Hall–Kier alpha value is -3.13. The van der Waals surface area contributed by atoms with Gasteiger partial charge >= 0.3 is 5.97 Å². The highest BCUT2D eigenvalue weighted by Crippen LogP contribution is 2.40. The van der Waals surface area contributed by atoms with Gasteiger partial charge in [-0.3, -0.25) is 9.69 Å². The molecule has 2 aromatic rings. The van der Waals surface area contributed by atoms with Crippen LogP contribution in [-0.2, 0) is 27.3 Å². The number of rotatable bonds is 8. The lowest BCUT2D eigenvalue weighted by molar-refractivity contribution is -0.156. The minimum Gasteiger partial charge on any atom is -0.493 e. The molecule has 3 aliphatic rings. The van der Waals surface area contributed by atoms with Crippen LogP contribution in [0, 0.1) is 11.2 Å². The van der Waals surface area contributed by atoms with Crippen LogP contribution in [0.4, 0.5) is 4.39 Å². The third kappa shape index (κ3) is 5.62. The second kappa shape index (κ2) is 11.2. The van der Waals surface area contributed by atoms with Gasteiger partial charge in [0.25, 0.3) is 0 Å². The SMILES string of the molecule is CCOC(=O)C1(C)CCN(C2=NOC3(C2)CN(Cc2cc(CC)c(-c4ccc(F)cc4)c(OCC)c2)C3)CC1. The van der Waals surface area contributed by atoms with E-state index < -0.39 is 5.41 Å². The number of halogens is 1. The van der Waals surface area contributed by atoms with Gasteiger partial charge in [0.15, 0.2) is 5.60 Å². The summed E-state index contributed by atoms with van der Waals surface area (Å²) in [6.07, 6.45) is 3.18. The third-order valence-electron chi connectivity index (χ3n) is 8.31. The lowest BCUT2D eigenvalue weighted by Gasteiger charge is -2.46. The number of ether oxygens (including phenoxy) is 2. The van der Waals surface area contributed by atoms with Crippen LogP contribution < -0.4 is 4.74 Å². The van der Waals surface area contributed by atoms with Gasteiger partial charge in [0.05, 0.1) is 25.0 Å². The van der Waals surface area contributed by atoms with Crippen molar-refractivity contribution < 1.29 is 23.5 Å². The van der Waals surface area contributed by atoms with E-state index in [0.29, 0.717) is 13.2 Å². The lowest BCUT2D eigenvalue weighted by Crippen LogP contribution is -2.61. The van der Waals surface area contributed by atoms with Crippen molar-refractivity contribution in [3.8, 4) is 16.9 Å². The molecule has 210 valence electrons. The van der Waals surface area contributed by atoms with E-state index in [2.05, 4.69) is 34.0 Å². The van der Waals surface area contributed by atoms with Gasteiger partial charge in [0, 0.05) is 38.3 Å². The van der Waals surface area contributed by atoms with Crippen molar-refractivity contribution in [3.63, 3.8) is 0 Å². The highest BCUT2D eigenvalue weighted by atomic mass is 19.1. The molecule has 0 amide bonds. The number of carbonyl (C=O) groups is 1. The molecular formula is C31H40FN3O4. The van der Waals surface area contributed by atoms with E-state index in [4.69, 9.17) is 14.3 Å². The number of benzene rings is 2. The number of esters is 1. The van der Waals surface area contributed by atoms with E-state index in [1.807, 2.05) is 32.9 Å². The zero-order valence-corrected chi connectivity index (χ0v) is 23.6. The van der Waals surface area contributed by atoms with Crippen molar-refractivity contribution in [3.05, 3.63) is 53.3 Å². The average Bonchev–Trinajstić information content (AvgIpc) is 3.35. The summed E-state index contributed by atoms with van der Waals surface area (Å²) in [6.45, 7) is 13.0. The maximum atomic E-state index is 13.6. The number of aryl methyl sites for hydroxylation is 1. The summed E-state index contributed by atoms with van der Waals surface area (Å²) in [5.74, 6) is 1.51. The second-order valence-corrected chi connectivity index (χ2v) is 11.3. The molecule has 0 N–H and O–H groups in total. The van der Waals surface area contributed by atoms with Crippen LogP contribution >= 0.6 is 0 Å². The zero-order chi connectivity index (χ0) is 27.6. The van der Waals surface area contributed by atoms with Gasteiger partial charge in [-0.05, 0) is 74.9 Å². The van der Waals surface area contributed by atoms with E-state index in [9.17, 15) is 9.18 Å². The smallest absolute Gasteiger partial charge is 0.311 e. The van der Waals surface area contributed by atoms with Crippen molar-refractivity contribution >= 4 is 11.8 Å². The van der Waals surface area contributed by atoms with Crippen molar-refractivity contribution in [1.29, 1.82) is 0 Å². The van der Waals surface area contributed by atoms with Crippen molar-refractivity contribution in [2.75, 3.05) is 39.4 Å². The lowest BCUT2D eigenvalue weighted by atomic mass is 9.80. The normalized spacial score (nSPS) is 19.8. The predicted octanol–water partition coefficient (Wildman–Crippen LogP) is 5.41. The van der Waals surface area contributed by atoms with Gasteiger partial charge in [-0.15, -0.1) is 0 Å². The molecule has 2 fully saturated rings. The topological polar surface area (TPSA) is 63.6 Å². The third-order valence-corrected chi connectivity index (χ3v) is 8.31. The van der Waals surface area contributed by atoms with Crippen LogP contribution in [-0.4, -0.2) is 66.6 Å². The zero-order valence-electron chi connectivity index (χ0n) is 23.6. The Morgan fingerprint density at radius 2 is 1.79 bits per heavy atom. The molecule has 5 rings (SSSR count). The van der Waals surface area contributed by atoms with Crippen molar-refractivity contribution in [2.24, 2.45) is 10.6 Å². The van der Waals surface area contributed by atoms with E-state index >= 15 is 0 Å². The first-order chi connectivity index (χ1) is 18.8. The number of amidine groups is 1. The van der Waals surface area contributed by atoms with E-state index in [1.165, 1.54) is 23.3 Å². The van der Waals surface area contributed by atoms with Gasteiger partial charge < -0.3 is 19.2 Å². The number of nitrogens with zero attached hydrogens (tertiary/aromatic N) is 3. The molecule has 0 atom stereocenters. The minimum atomic E-state index is -0.415. The Morgan fingerprint density at radius 3 is 2.44 bits per heavy atom. The number of oxime groups is 1. The Balaban J connectivity index is 1.20. The quantitative estimate of drug-likeness (QED) is 0.420. The molecule has 0 bridgehead atoms. The first-order valence-corrected chi connectivity index (χ1v) is 14.2. The Kier molecular flexibility index (Phi) is 7.85. The summed E-state index contributed by atoms with van der Waals surface area (Å²) in [5.41, 5.74) is 3.73. The molecule has 2 aromatic carbocycles. The molecule has 39 heavy (non-hydrogen) atoms. The number of hydrogen-bond donors (Lipinski definition) is 0. The first kappa shape index (κ1) is 27.4. The monoisotopic (exact) mass is 537 g/mol. The van der Waals surface area contributed by atoms with E-state index in [0.717, 1.165) is 81.1 Å². The second-order valence-electron chi connectivity index (χ2n) is 11.3. The van der Waals surface area contributed by atoms with Gasteiger partial charge in [-0.2, -0.15) is 0 Å². The summed E-state index contributed by atoms with van der Waals surface area (Å²) in [5, 5.41) is 4.48.